The number of aryl methyl sites for hydroxylation is 1. The molecule has 0 aliphatic rings. The van der Waals surface area contributed by atoms with Crippen molar-refractivity contribution in [2.75, 3.05) is 13.2 Å². The van der Waals surface area contributed by atoms with E-state index >= 15 is 0 Å². The molecule has 0 unspecified atom stereocenters. The Balaban J connectivity index is 2.98. The number of halogens is 1. The fourth-order valence-corrected chi connectivity index (χ4v) is 2.28. The second kappa shape index (κ2) is 8.08. The van der Waals surface area contributed by atoms with E-state index in [9.17, 15) is 9.59 Å². The van der Waals surface area contributed by atoms with E-state index in [0.717, 1.165) is 6.42 Å². The van der Waals surface area contributed by atoms with Crippen molar-refractivity contribution in [3.8, 4) is 0 Å². The maximum atomic E-state index is 12.7. The maximum Gasteiger partial charge on any atom is 0.325 e. The van der Waals surface area contributed by atoms with E-state index in [2.05, 4.69) is 0 Å². The standard InChI is InChI=1S/C15H23ClN2O3/c1-5-7-17-9-12(16)8-13(17)15(20)18(11(3)4)10-14(19)21-6-2/h8-9,11H,5-7,10H2,1-4H3. The summed E-state index contributed by atoms with van der Waals surface area (Å²) in [5, 5.41) is 0.520. The van der Waals surface area contributed by atoms with Crippen molar-refractivity contribution >= 4 is 23.5 Å². The molecule has 0 spiro atoms. The summed E-state index contributed by atoms with van der Waals surface area (Å²) in [6, 6.07) is 1.53. The van der Waals surface area contributed by atoms with Gasteiger partial charge >= 0.3 is 5.97 Å². The van der Waals surface area contributed by atoms with Crippen LogP contribution in [0.3, 0.4) is 0 Å². The van der Waals surface area contributed by atoms with E-state index in [1.165, 1.54) is 4.90 Å². The molecule has 6 heteroatoms. The zero-order chi connectivity index (χ0) is 16.0. The third-order valence-corrected chi connectivity index (χ3v) is 3.24. The smallest absolute Gasteiger partial charge is 0.325 e. The first-order valence-corrected chi connectivity index (χ1v) is 7.60. The van der Waals surface area contributed by atoms with E-state index in [0.29, 0.717) is 23.9 Å². The molecule has 0 fully saturated rings. The summed E-state index contributed by atoms with van der Waals surface area (Å²) in [5.74, 6) is -0.613. The first-order valence-electron chi connectivity index (χ1n) is 7.22. The predicted molar refractivity (Wildman–Crippen MR) is 82.5 cm³/mol. The summed E-state index contributed by atoms with van der Waals surface area (Å²) in [7, 11) is 0. The highest BCUT2D eigenvalue weighted by molar-refractivity contribution is 6.31. The molecule has 1 rings (SSSR count). The van der Waals surface area contributed by atoms with Crippen molar-refractivity contribution < 1.29 is 14.3 Å². The van der Waals surface area contributed by atoms with E-state index in [1.807, 2.05) is 25.3 Å². The molecule has 1 heterocycles. The van der Waals surface area contributed by atoms with Gasteiger partial charge in [-0.25, -0.2) is 0 Å². The number of aromatic nitrogens is 1. The fraction of sp³-hybridized carbons (Fsp3) is 0.600. The summed E-state index contributed by atoms with van der Waals surface area (Å²) >= 11 is 6.00. The first kappa shape index (κ1) is 17.6. The number of esters is 1. The number of hydrogen-bond acceptors (Lipinski definition) is 3. The highest BCUT2D eigenvalue weighted by Crippen LogP contribution is 2.18. The molecule has 1 aromatic rings. The summed E-state index contributed by atoms with van der Waals surface area (Å²) in [4.78, 5) is 25.8. The average molecular weight is 315 g/mol. The van der Waals surface area contributed by atoms with Gasteiger partial charge in [0.25, 0.3) is 5.91 Å². The Hall–Kier alpha value is -1.49. The molecule has 21 heavy (non-hydrogen) atoms. The van der Waals surface area contributed by atoms with Gasteiger partial charge < -0.3 is 14.2 Å². The average Bonchev–Trinajstić information content (AvgIpc) is 2.77. The third kappa shape index (κ3) is 4.77. The van der Waals surface area contributed by atoms with Crippen molar-refractivity contribution in [1.82, 2.24) is 9.47 Å². The van der Waals surface area contributed by atoms with E-state index in [1.54, 1.807) is 19.2 Å². The summed E-state index contributed by atoms with van der Waals surface area (Å²) in [6.07, 6.45) is 2.63. The van der Waals surface area contributed by atoms with Gasteiger partial charge in [0.2, 0.25) is 0 Å². The Morgan fingerprint density at radius 1 is 1.38 bits per heavy atom. The Bertz CT molecular complexity index is 497. The lowest BCUT2D eigenvalue weighted by molar-refractivity contribution is -0.144. The molecule has 1 amide bonds. The summed E-state index contributed by atoms with van der Waals surface area (Å²) in [5.41, 5.74) is 0.500. The Kier molecular flexibility index (Phi) is 6.75. The monoisotopic (exact) mass is 314 g/mol. The third-order valence-electron chi connectivity index (χ3n) is 3.04. The highest BCUT2D eigenvalue weighted by atomic mass is 35.5. The first-order chi connectivity index (χ1) is 9.90. The molecule has 0 aliphatic carbocycles. The topological polar surface area (TPSA) is 51.5 Å². The zero-order valence-corrected chi connectivity index (χ0v) is 13.8. The van der Waals surface area contributed by atoms with Crippen molar-refractivity contribution in [1.29, 1.82) is 0 Å². The van der Waals surface area contributed by atoms with Crippen LogP contribution in [0.25, 0.3) is 0 Å². The van der Waals surface area contributed by atoms with Crippen molar-refractivity contribution in [3.05, 3.63) is 23.0 Å². The second-order valence-electron chi connectivity index (χ2n) is 5.07. The van der Waals surface area contributed by atoms with Gasteiger partial charge in [0.05, 0.1) is 11.6 Å². The van der Waals surface area contributed by atoms with Crippen LogP contribution in [0.5, 0.6) is 0 Å². The van der Waals surface area contributed by atoms with E-state index in [-0.39, 0.29) is 18.5 Å². The maximum absolute atomic E-state index is 12.7. The molecule has 5 nitrogen and oxygen atoms in total. The molecule has 0 saturated carbocycles. The number of carbonyl (C=O) groups excluding carboxylic acids is 2. The minimum atomic E-state index is -0.403. The molecule has 0 radical (unpaired) electrons. The Labute approximate surface area is 130 Å². The Morgan fingerprint density at radius 2 is 2.05 bits per heavy atom. The number of nitrogens with zero attached hydrogens (tertiary/aromatic N) is 2. The van der Waals surface area contributed by atoms with Crippen LogP contribution < -0.4 is 0 Å². The Morgan fingerprint density at radius 3 is 2.57 bits per heavy atom. The molecule has 0 bridgehead atoms. The molecular formula is C15H23ClN2O3. The number of rotatable bonds is 7. The molecule has 118 valence electrons. The van der Waals surface area contributed by atoms with Crippen LogP contribution >= 0.6 is 11.6 Å². The highest BCUT2D eigenvalue weighted by Gasteiger charge is 2.24. The number of ether oxygens (including phenoxy) is 1. The van der Waals surface area contributed by atoms with Crippen LogP contribution in [-0.4, -0.2) is 40.5 Å². The SMILES string of the molecule is CCCn1cc(Cl)cc1C(=O)N(CC(=O)OCC)C(C)C. The van der Waals surface area contributed by atoms with Crippen LogP contribution in [0.15, 0.2) is 12.3 Å². The molecule has 0 atom stereocenters. The second-order valence-corrected chi connectivity index (χ2v) is 5.51. The van der Waals surface area contributed by atoms with Crippen molar-refractivity contribution in [3.63, 3.8) is 0 Å². The minimum absolute atomic E-state index is 0.0563. The predicted octanol–water partition coefficient (Wildman–Crippen LogP) is 2.97. The van der Waals surface area contributed by atoms with Gasteiger partial charge in [0, 0.05) is 18.8 Å². The number of amides is 1. The van der Waals surface area contributed by atoms with Crippen LogP contribution in [0, 0.1) is 0 Å². The normalized spacial score (nSPS) is 10.8. The molecule has 0 aliphatic heterocycles. The van der Waals surface area contributed by atoms with Crippen molar-refractivity contribution in [2.45, 2.75) is 46.7 Å². The lowest BCUT2D eigenvalue weighted by Crippen LogP contribution is -2.42. The van der Waals surface area contributed by atoms with Gasteiger partial charge in [-0.1, -0.05) is 18.5 Å². The van der Waals surface area contributed by atoms with Gasteiger partial charge in [-0.2, -0.15) is 0 Å². The largest absolute Gasteiger partial charge is 0.465 e. The van der Waals surface area contributed by atoms with Gasteiger partial charge in [0.1, 0.15) is 12.2 Å². The lowest BCUT2D eigenvalue weighted by Gasteiger charge is -2.26. The van der Waals surface area contributed by atoms with Gasteiger partial charge in [-0.15, -0.1) is 0 Å². The molecule has 0 saturated heterocycles. The van der Waals surface area contributed by atoms with E-state index < -0.39 is 5.97 Å². The molecule has 0 aromatic carbocycles. The van der Waals surface area contributed by atoms with Gasteiger partial charge in [-0.3, -0.25) is 9.59 Å². The quantitative estimate of drug-likeness (QED) is 0.727. The number of carbonyl (C=O) groups is 2. The van der Waals surface area contributed by atoms with Gasteiger partial charge in [-0.05, 0) is 33.3 Å². The minimum Gasteiger partial charge on any atom is -0.465 e. The summed E-state index contributed by atoms with van der Waals surface area (Å²) < 4.78 is 6.75. The molecule has 1 aromatic heterocycles. The van der Waals surface area contributed by atoms with Gasteiger partial charge in [0.15, 0.2) is 0 Å². The van der Waals surface area contributed by atoms with Crippen LogP contribution in [0.4, 0.5) is 0 Å². The van der Waals surface area contributed by atoms with E-state index in [4.69, 9.17) is 16.3 Å². The van der Waals surface area contributed by atoms with Crippen molar-refractivity contribution in [2.24, 2.45) is 0 Å². The fourth-order valence-electron chi connectivity index (χ4n) is 2.06. The molecular weight excluding hydrogens is 292 g/mol. The zero-order valence-electron chi connectivity index (χ0n) is 13.1. The van der Waals surface area contributed by atoms with Crippen LogP contribution in [-0.2, 0) is 16.1 Å². The van der Waals surface area contributed by atoms with Crippen LogP contribution in [0.2, 0.25) is 5.02 Å². The molecule has 0 N–H and O–H groups in total. The summed E-state index contributed by atoms with van der Waals surface area (Å²) in [6.45, 7) is 8.46. The number of hydrogen-bond donors (Lipinski definition) is 0. The van der Waals surface area contributed by atoms with Crippen LogP contribution in [0.1, 0.15) is 44.6 Å². The lowest BCUT2D eigenvalue weighted by atomic mass is 10.2.